The van der Waals surface area contributed by atoms with E-state index in [-0.39, 0.29) is 37.5 Å². The van der Waals surface area contributed by atoms with Crippen LogP contribution in [0.15, 0.2) is 158 Å². The van der Waals surface area contributed by atoms with Gasteiger partial charge in [-0.05, 0) is 128 Å². The summed E-state index contributed by atoms with van der Waals surface area (Å²) in [7, 11) is 0. The Bertz CT molecular complexity index is 1710. The minimum absolute atomic E-state index is 0.104. The monoisotopic (exact) mass is 1030 g/mol. The Balaban J connectivity index is 4.36. The fraction of sp³-hybridized carbons (Fsp3) is 0.580. The third kappa shape index (κ3) is 59.8. The van der Waals surface area contributed by atoms with Gasteiger partial charge in [-0.1, -0.05) is 249 Å². The third-order valence-electron chi connectivity index (χ3n) is 12.0. The lowest BCUT2D eigenvalue weighted by Crippen LogP contribution is -2.30. The van der Waals surface area contributed by atoms with Gasteiger partial charge in [0.25, 0.3) is 0 Å². The number of hydrogen-bond donors (Lipinski definition) is 0. The lowest BCUT2D eigenvalue weighted by molar-refractivity contribution is -0.167. The maximum Gasteiger partial charge on any atom is 0.306 e. The van der Waals surface area contributed by atoms with Gasteiger partial charge in [-0.15, -0.1) is 0 Å². The Morgan fingerprint density at radius 2 is 0.520 bits per heavy atom. The molecule has 1 unspecified atom stereocenters. The van der Waals surface area contributed by atoms with Crippen LogP contribution in [0.2, 0.25) is 0 Å². The molecular weight excluding hydrogens is 925 g/mol. The number of unbranched alkanes of at least 4 members (excludes halogenated alkanes) is 15. The van der Waals surface area contributed by atoms with Gasteiger partial charge in [0.15, 0.2) is 6.10 Å². The van der Waals surface area contributed by atoms with Gasteiger partial charge in [-0.2, -0.15) is 0 Å². The Hall–Kier alpha value is -4.97. The quantitative estimate of drug-likeness (QED) is 0.0261. The first-order valence-electron chi connectivity index (χ1n) is 30.0. The summed E-state index contributed by atoms with van der Waals surface area (Å²) in [4.78, 5) is 38.1. The third-order valence-corrected chi connectivity index (χ3v) is 12.0. The average molecular weight is 1030 g/mol. The van der Waals surface area contributed by atoms with E-state index in [1.165, 1.54) is 38.5 Å². The molecule has 0 aliphatic rings. The lowest BCUT2D eigenvalue weighted by atomic mass is 10.1. The van der Waals surface area contributed by atoms with Gasteiger partial charge in [0.05, 0.1) is 0 Å². The molecule has 0 aromatic carbocycles. The maximum absolute atomic E-state index is 12.8. The molecule has 0 aliphatic carbocycles. The van der Waals surface area contributed by atoms with E-state index in [1.54, 1.807) is 0 Å². The van der Waals surface area contributed by atoms with Gasteiger partial charge in [0, 0.05) is 19.3 Å². The summed E-state index contributed by atoms with van der Waals surface area (Å²) in [5.41, 5.74) is 0. The number of esters is 3. The molecule has 6 nitrogen and oxygen atoms in total. The van der Waals surface area contributed by atoms with Crippen molar-refractivity contribution in [1.82, 2.24) is 0 Å². The Labute approximate surface area is 460 Å². The van der Waals surface area contributed by atoms with E-state index in [0.717, 1.165) is 161 Å². The number of hydrogen-bond acceptors (Lipinski definition) is 6. The van der Waals surface area contributed by atoms with Crippen molar-refractivity contribution in [2.24, 2.45) is 0 Å². The van der Waals surface area contributed by atoms with Gasteiger partial charge in [-0.3, -0.25) is 14.4 Å². The second kappa shape index (κ2) is 61.6. The highest BCUT2D eigenvalue weighted by atomic mass is 16.6. The number of allylic oxidation sites excluding steroid dienone is 26. The molecule has 6 heteroatoms. The zero-order chi connectivity index (χ0) is 54.3. The highest BCUT2D eigenvalue weighted by Gasteiger charge is 2.19. The summed E-state index contributed by atoms with van der Waals surface area (Å²) in [5, 5.41) is 0. The van der Waals surface area contributed by atoms with Crippen LogP contribution >= 0.6 is 0 Å². The number of carbonyl (C=O) groups is 3. The molecule has 0 rings (SSSR count). The van der Waals surface area contributed by atoms with Crippen LogP contribution in [0.25, 0.3) is 0 Å². The second-order valence-corrected chi connectivity index (χ2v) is 19.1. The summed E-state index contributed by atoms with van der Waals surface area (Å²) >= 11 is 0. The molecule has 75 heavy (non-hydrogen) atoms. The van der Waals surface area contributed by atoms with Crippen LogP contribution in [0.3, 0.4) is 0 Å². The molecule has 0 aromatic heterocycles. The smallest absolute Gasteiger partial charge is 0.306 e. The van der Waals surface area contributed by atoms with Crippen LogP contribution in [0.5, 0.6) is 0 Å². The fourth-order valence-electron chi connectivity index (χ4n) is 7.60. The minimum Gasteiger partial charge on any atom is -0.462 e. The molecule has 1 atom stereocenters. The van der Waals surface area contributed by atoms with Crippen molar-refractivity contribution in [2.45, 2.75) is 245 Å². The summed E-state index contributed by atoms with van der Waals surface area (Å²) < 4.78 is 16.8. The molecular formula is C69H108O6. The zero-order valence-electron chi connectivity index (χ0n) is 48.0. The van der Waals surface area contributed by atoms with E-state index in [2.05, 4.69) is 179 Å². The summed E-state index contributed by atoms with van der Waals surface area (Å²) in [6.45, 7) is 6.33. The number of carbonyl (C=O) groups excluding carboxylic acids is 3. The molecule has 0 aliphatic heterocycles. The van der Waals surface area contributed by atoms with Gasteiger partial charge >= 0.3 is 17.9 Å². The highest BCUT2D eigenvalue weighted by Crippen LogP contribution is 2.13. The molecule has 0 N–H and O–H groups in total. The van der Waals surface area contributed by atoms with E-state index in [9.17, 15) is 14.4 Å². The molecule has 0 amide bonds. The summed E-state index contributed by atoms with van der Waals surface area (Å²) in [6, 6.07) is 0. The van der Waals surface area contributed by atoms with Crippen molar-refractivity contribution in [1.29, 1.82) is 0 Å². The molecule has 0 saturated carbocycles. The number of ether oxygens (including phenoxy) is 3. The molecule has 420 valence electrons. The van der Waals surface area contributed by atoms with Crippen LogP contribution in [-0.2, 0) is 28.6 Å². The molecule has 0 fully saturated rings. The zero-order valence-corrected chi connectivity index (χ0v) is 48.0. The van der Waals surface area contributed by atoms with Gasteiger partial charge in [0.1, 0.15) is 13.2 Å². The molecule has 0 aromatic rings. The van der Waals surface area contributed by atoms with Gasteiger partial charge in [-0.25, -0.2) is 0 Å². The minimum atomic E-state index is -0.810. The molecule has 0 heterocycles. The van der Waals surface area contributed by atoms with Crippen LogP contribution in [0.4, 0.5) is 0 Å². The fourth-order valence-corrected chi connectivity index (χ4v) is 7.60. The standard InChI is InChI=1S/C69H108O6/c1-4-7-10-13-16-19-21-23-25-27-28-29-30-31-32-33-34-35-36-37-38-39-40-42-43-45-47-50-53-56-59-62-68(71)74-65-66(64-73-67(70)61-58-55-52-49-18-15-12-9-6-3)75-69(72)63-60-57-54-51-48-46-44-41-26-24-22-20-17-14-11-8-5-2/h7-8,10-11,16-17,19-20,23-26,28-29,31-32,34-35,37-38,40,42,44-47,66H,4-6,9,12-15,18,21-22,27,30,33,36,39,41,43,48-65H2,1-3H3/b10-7-,11-8-,19-16-,20-17-,25-23-,26-24-,29-28-,32-31-,35-34-,38-37-,42-40-,46-44-,47-45-. The van der Waals surface area contributed by atoms with Crippen LogP contribution < -0.4 is 0 Å². The van der Waals surface area contributed by atoms with Crippen LogP contribution in [-0.4, -0.2) is 37.2 Å². The van der Waals surface area contributed by atoms with Crippen molar-refractivity contribution >= 4 is 17.9 Å². The van der Waals surface area contributed by atoms with Crippen molar-refractivity contribution in [3.63, 3.8) is 0 Å². The van der Waals surface area contributed by atoms with E-state index in [4.69, 9.17) is 14.2 Å². The SMILES string of the molecule is CC/C=C\C/C=C\C/C=C\C/C=C\C/C=C\C/C=C\C/C=C\C/C=C\C/C=C\CCCCCC(=O)OCC(COC(=O)CCCCCCCCCCC)OC(=O)CCCCCC/C=C\C/C=C\C/C=C\C/C=C\CC. The van der Waals surface area contributed by atoms with E-state index >= 15 is 0 Å². The van der Waals surface area contributed by atoms with Crippen LogP contribution in [0.1, 0.15) is 239 Å². The molecule has 0 saturated heterocycles. The first-order chi connectivity index (χ1) is 37.0. The predicted octanol–water partition coefficient (Wildman–Crippen LogP) is 20.5. The van der Waals surface area contributed by atoms with Gasteiger partial charge < -0.3 is 14.2 Å². The number of rotatable bonds is 52. The normalized spacial score (nSPS) is 13.3. The van der Waals surface area contributed by atoms with Crippen molar-refractivity contribution < 1.29 is 28.6 Å². The lowest BCUT2D eigenvalue weighted by Gasteiger charge is -2.18. The van der Waals surface area contributed by atoms with Crippen LogP contribution in [0, 0.1) is 0 Å². The second-order valence-electron chi connectivity index (χ2n) is 19.1. The van der Waals surface area contributed by atoms with Crippen molar-refractivity contribution in [2.75, 3.05) is 13.2 Å². The topological polar surface area (TPSA) is 78.9 Å². The Kier molecular flexibility index (Phi) is 57.5. The van der Waals surface area contributed by atoms with Crippen molar-refractivity contribution in [3.05, 3.63) is 158 Å². The van der Waals surface area contributed by atoms with Crippen molar-refractivity contribution in [3.8, 4) is 0 Å². The Morgan fingerprint density at radius 1 is 0.280 bits per heavy atom. The summed E-state index contributed by atoms with van der Waals surface area (Å²) in [6.07, 6.45) is 89.6. The summed E-state index contributed by atoms with van der Waals surface area (Å²) in [5.74, 6) is -0.973. The average Bonchev–Trinajstić information content (AvgIpc) is 3.41. The van der Waals surface area contributed by atoms with E-state index in [1.807, 2.05) is 0 Å². The van der Waals surface area contributed by atoms with Gasteiger partial charge in [0.2, 0.25) is 0 Å². The Morgan fingerprint density at radius 3 is 0.827 bits per heavy atom. The largest absolute Gasteiger partial charge is 0.462 e. The maximum atomic E-state index is 12.8. The van der Waals surface area contributed by atoms with E-state index in [0.29, 0.717) is 12.8 Å². The highest BCUT2D eigenvalue weighted by molar-refractivity contribution is 5.71. The first kappa shape index (κ1) is 70.0. The molecule has 0 bridgehead atoms. The van der Waals surface area contributed by atoms with E-state index < -0.39 is 6.10 Å². The first-order valence-corrected chi connectivity index (χ1v) is 30.0. The predicted molar refractivity (Wildman–Crippen MR) is 325 cm³/mol. The molecule has 0 radical (unpaired) electrons. The molecule has 0 spiro atoms.